The van der Waals surface area contributed by atoms with E-state index in [0.717, 1.165) is 11.1 Å². The molecule has 2 aliphatic rings. The van der Waals surface area contributed by atoms with E-state index in [1.165, 1.54) is 4.90 Å². The third kappa shape index (κ3) is 3.62. The van der Waals surface area contributed by atoms with E-state index >= 15 is 0 Å². The van der Waals surface area contributed by atoms with Crippen molar-refractivity contribution in [2.45, 2.75) is 6.54 Å². The quantitative estimate of drug-likeness (QED) is 0.463. The number of hydrogen-bond donors (Lipinski definition) is 0. The summed E-state index contributed by atoms with van der Waals surface area (Å²) in [7, 11) is 0. The maximum Gasteiger partial charge on any atom is 0.261 e. The van der Waals surface area contributed by atoms with Crippen LogP contribution in [0.25, 0.3) is 11.6 Å². The SMILES string of the molecule is O=C1C(=C/C=C/c2ccccc2)c2ccccc2C(=O)N1Cc1ccc2c(c1)OCO2. The number of nitrogens with zero attached hydrogens (tertiary/aromatic N) is 1. The molecule has 5 nitrogen and oxygen atoms in total. The number of imide groups is 1. The van der Waals surface area contributed by atoms with Crippen LogP contribution in [-0.4, -0.2) is 23.5 Å². The summed E-state index contributed by atoms with van der Waals surface area (Å²) in [5.74, 6) is 0.662. The van der Waals surface area contributed by atoms with Crippen LogP contribution in [0.15, 0.2) is 84.9 Å². The van der Waals surface area contributed by atoms with Crippen LogP contribution >= 0.6 is 0 Å². The Morgan fingerprint density at radius 2 is 1.55 bits per heavy atom. The Labute approximate surface area is 179 Å². The molecule has 0 radical (unpaired) electrons. The Balaban J connectivity index is 1.49. The van der Waals surface area contributed by atoms with Crippen molar-refractivity contribution < 1.29 is 19.1 Å². The maximum atomic E-state index is 13.3. The standard InChI is InChI=1S/C26H19NO4/c28-25-21-11-5-4-10-20(21)22(12-6-9-18-7-2-1-3-8-18)26(29)27(25)16-19-13-14-23-24(15-19)31-17-30-23/h1-15H,16-17H2/b9-6+,22-12?. The Kier molecular flexibility index (Phi) is 4.84. The van der Waals surface area contributed by atoms with Crippen molar-refractivity contribution in [3.8, 4) is 11.5 Å². The van der Waals surface area contributed by atoms with Crippen molar-refractivity contribution in [2.75, 3.05) is 6.79 Å². The van der Waals surface area contributed by atoms with Crippen molar-refractivity contribution in [3.63, 3.8) is 0 Å². The summed E-state index contributed by atoms with van der Waals surface area (Å²) >= 11 is 0. The second kappa shape index (κ2) is 7.95. The van der Waals surface area contributed by atoms with Crippen LogP contribution in [0, 0.1) is 0 Å². The number of benzene rings is 3. The van der Waals surface area contributed by atoms with Crippen LogP contribution in [0.3, 0.4) is 0 Å². The molecule has 0 aliphatic carbocycles. The highest BCUT2D eigenvalue weighted by atomic mass is 16.7. The molecule has 0 atom stereocenters. The predicted molar refractivity (Wildman–Crippen MR) is 117 cm³/mol. The van der Waals surface area contributed by atoms with Gasteiger partial charge in [-0.25, -0.2) is 0 Å². The van der Waals surface area contributed by atoms with Crippen LogP contribution in [0.1, 0.15) is 27.0 Å². The van der Waals surface area contributed by atoms with Gasteiger partial charge >= 0.3 is 0 Å². The van der Waals surface area contributed by atoms with Crippen molar-refractivity contribution in [3.05, 3.63) is 107 Å². The van der Waals surface area contributed by atoms with Gasteiger partial charge in [-0.2, -0.15) is 0 Å². The summed E-state index contributed by atoms with van der Waals surface area (Å²) in [6.45, 7) is 0.330. The predicted octanol–water partition coefficient (Wildman–Crippen LogP) is 4.69. The first-order valence-electron chi connectivity index (χ1n) is 9.98. The highest BCUT2D eigenvalue weighted by molar-refractivity contribution is 6.31. The maximum absolute atomic E-state index is 13.3. The van der Waals surface area contributed by atoms with Gasteiger partial charge in [-0.1, -0.05) is 66.7 Å². The van der Waals surface area contributed by atoms with Gasteiger partial charge in [0.05, 0.1) is 6.54 Å². The molecule has 2 aliphatic heterocycles. The Morgan fingerprint density at radius 1 is 0.806 bits per heavy atom. The minimum atomic E-state index is -0.320. The zero-order valence-corrected chi connectivity index (χ0v) is 16.7. The molecule has 0 spiro atoms. The molecule has 5 heteroatoms. The fraction of sp³-hybridized carbons (Fsp3) is 0.0769. The Bertz CT molecular complexity index is 1230. The third-order valence-electron chi connectivity index (χ3n) is 5.30. The van der Waals surface area contributed by atoms with Crippen LogP contribution in [-0.2, 0) is 11.3 Å². The second-order valence-corrected chi connectivity index (χ2v) is 7.28. The van der Waals surface area contributed by atoms with E-state index in [9.17, 15) is 9.59 Å². The molecule has 152 valence electrons. The van der Waals surface area contributed by atoms with Gasteiger partial charge in [0.15, 0.2) is 11.5 Å². The van der Waals surface area contributed by atoms with Crippen LogP contribution in [0.2, 0.25) is 0 Å². The molecule has 5 rings (SSSR count). The summed E-state index contributed by atoms with van der Waals surface area (Å²) in [4.78, 5) is 27.7. The van der Waals surface area contributed by atoms with E-state index in [2.05, 4.69) is 0 Å². The number of hydrogen-bond acceptors (Lipinski definition) is 4. The number of allylic oxidation sites excluding steroid dienone is 2. The first-order valence-corrected chi connectivity index (χ1v) is 9.98. The lowest BCUT2D eigenvalue weighted by Crippen LogP contribution is -2.41. The van der Waals surface area contributed by atoms with E-state index in [-0.39, 0.29) is 25.2 Å². The minimum absolute atomic E-state index is 0.155. The van der Waals surface area contributed by atoms with E-state index in [1.54, 1.807) is 18.2 Å². The molecule has 0 unspecified atom stereocenters. The van der Waals surface area contributed by atoms with Gasteiger partial charge in [0.2, 0.25) is 6.79 Å². The van der Waals surface area contributed by atoms with Gasteiger partial charge in [0.25, 0.3) is 11.8 Å². The zero-order chi connectivity index (χ0) is 21.2. The number of carbonyl (C=O) groups excluding carboxylic acids is 2. The number of rotatable bonds is 4. The average Bonchev–Trinajstić information content (AvgIpc) is 3.27. The first-order chi connectivity index (χ1) is 15.2. The van der Waals surface area contributed by atoms with Gasteiger partial charge in [-0.05, 0) is 41.0 Å². The molecule has 0 saturated heterocycles. The van der Waals surface area contributed by atoms with Gasteiger partial charge in [-0.15, -0.1) is 0 Å². The summed E-state index contributed by atoms with van der Waals surface area (Å²) < 4.78 is 10.8. The Hall–Kier alpha value is -4.12. The average molecular weight is 409 g/mol. The molecule has 31 heavy (non-hydrogen) atoms. The van der Waals surface area contributed by atoms with E-state index in [0.29, 0.717) is 28.2 Å². The molecule has 2 heterocycles. The number of carbonyl (C=O) groups is 2. The minimum Gasteiger partial charge on any atom is -0.454 e. The molecular weight excluding hydrogens is 390 g/mol. The number of fused-ring (bicyclic) bond motifs is 2. The fourth-order valence-corrected chi connectivity index (χ4v) is 3.75. The molecule has 0 bridgehead atoms. The van der Waals surface area contributed by atoms with E-state index in [4.69, 9.17) is 9.47 Å². The molecular formula is C26H19NO4. The first kappa shape index (κ1) is 18.9. The lowest BCUT2D eigenvalue weighted by molar-refractivity contribution is -0.123. The zero-order valence-electron chi connectivity index (χ0n) is 16.7. The normalized spacial score (nSPS) is 16.3. The van der Waals surface area contributed by atoms with Gasteiger partial charge in [0.1, 0.15) is 0 Å². The van der Waals surface area contributed by atoms with Crippen molar-refractivity contribution in [2.24, 2.45) is 0 Å². The highest BCUT2D eigenvalue weighted by Crippen LogP contribution is 2.34. The van der Waals surface area contributed by atoms with Crippen LogP contribution in [0.5, 0.6) is 11.5 Å². The second-order valence-electron chi connectivity index (χ2n) is 7.28. The van der Waals surface area contributed by atoms with Crippen molar-refractivity contribution >= 4 is 23.5 Å². The highest BCUT2D eigenvalue weighted by Gasteiger charge is 2.34. The molecule has 0 aromatic heterocycles. The fourth-order valence-electron chi connectivity index (χ4n) is 3.75. The Morgan fingerprint density at radius 3 is 2.39 bits per heavy atom. The lowest BCUT2D eigenvalue weighted by atomic mass is 9.92. The van der Waals surface area contributed by atoms with Gasteiger partial charge in [-0.3, -0.25) is 14.5 Å². The van der Waals surface area contributed by atoms with Crippen LogP contribution < -0.4 is 9.47 Å². The number of amides is 2. The molecule has 0 N–H and O–H groups in total. The van der Waals surface area contributed by atoms with Crippen molar-refractivity contribution in [1.82, 2.24) is 4.90 Å². The molecule has 0 saturated carbocycles. The van der Waals surface area contributed by atoms with E-state index < -0.39 is 0 Å². The summed E-state index contributed by atoms with van der Waals surface area (Å²) in [6.07, 6.45) is 5.54. The largest absolute Gasteiger partial charge is 0.454 e. The molecule has 0 fully saturated rings. The topological polar surface area (TPSA) is 55.8 Å². The third-order valence-corrected chi connectivity index (χ3v) is 5.30. The monoisotopic (exact) mass is 409 g/mol. The van der Waals surface area contributed by atoms with E-state index in [1.807, 2.05) is 72.8 Å². The summed E-state index contributed by atoms with van der Waals surface area (Å²) in [6, 6.07) is 22.5. The summed E-state index contributed by atoms with van der Waals surface area (Å²) in [5, 5.41) is 0. The summed E-state index contributed by atoms with van der Waals surface area (Å²) in [5.41, 5.74) is 3.48. The van der Waals surface area contributed by atoms with Crippen molar-refractivity contribution in [1.29, 1.82) is 0 Å². The lowest BCUT2D eigenvalue weighted by Gasteiger charge is -2.28. The molecule has 2 amide bonds. The molecule has 3 aromatic rings. The smallest absolute Gasteiger partial charge is 0.261 e. The van der Waals surface area contributed by atoms with Crippen LogP contribution in [0.4, 0.5) is 0 Å². The van der Waals surface area contributed by atoms with Gasteiger partial charge in [0, 0.05) is 11.1 Å². The molecule has 3 aromatic carbocycles. The van der Waals surface area contributed by atoms with Gasteiger partial charge < -0.3 is 9.47 Å². The number of ether oxygens (including phenoxy) is 2.